The number of hydrogen-bond donors (Lipinski definition) is 3. The first-order chi connectivity index (χ1) is 14.9. The number of anilines is 1. The quantitative estimate of drug-likeness (QED) is 0.388. The molecule has 0 saturated carbocycles. The predicted molar refractivity (Wildman–Crippen MR) is 122 cm³/mol. The van der Waals surface area contributed by atoms with Crippen LogP contribution in [0.4, 0.5) is 5.69 Å². The van der Waals surface area contributed by atoms with E-state index in [1.807, 2.05) is 0 Å². The molecule has 10 heteroatoms. The number of hydrogen-bond acceptors (Lipinski definition) is 7. The normalized spacial score (nSPS) is 16.9. The average molecular weight is 456 g/mol. The zero-order valence-electron chi connectivity index (χ0n) is 17.0. The Kier molecular flexibility index (Phi) is 5.19. The van der Waals surface area contributed by atoms with E-state index in [-0.39, 0.29) is 11.6 Å². The van der Waals surface area contributed by atoms with Crippen molar-refractivity contribution >= 4 is 45.7 Å². The van der Waals surface area contributed by atoms with Gasteiger partial charge < -0.3 is 19.7 Å². The molecule has 5 rings (SSSR count). The van der Waals surface area contributed by atoms with Crippen LogP contribution in [-0.2, 0) is 17.6 Å². The van der Waals surface area contributed by atoms with Crippen LogP contribution >= 0.6 is 23.1 Å². The fourth-order valence-electron chi connectivity index (χ4n) is 3.73. The SMILES string of the molecule is C[C@H]1CCc2sc(-c3nnc(S[C@@H](C)C(=O)Nc4ccc5[nH]c(=O)[nH]c5c4)o3)cc2C1. The molecule has 1 aromatic carbocycles. The van der Waals surface area contributed by atoms with Gasteiger partial charge in [0.15, 0.2) is 0 Å². The van der Waals surface area contributed by atoms with Gasteiger partial charge in [-0.25, -0.2) is 4.79 Å². The number of benzene rings is 1. The highest BCUT2D eigenvalue weighted by molar-refractivity contribution is 8.00. The van der Waals surface area contributed by atoms with Gasteiger partial charge in [0.25, 0.3) is 11.1 Å². The summed E-state index contributed by atoms with van der Waals surface area (Å²) >= 11 is 2.94. The van der Waals surface area contributed by atoms with Crippen molar-refractivity contribution in [1.82, 2.24) is 20.2 Å². The zero-order valence-corrected chi connectivity index (χ0v) is 18.7. The highest BCUT2D eigenvalue weighted by Gasteiger charge is 2.23. The first-order valence-corrected chi connectivity index (χ1v) is 11.8. The van der Waals surface area contributed by atoms with Crippen LogP contribution < -0.4 is 11.0 Å². The van der Waals surface area contributed by atoms with E-state index >= 15 is 0 Å². The van der Waals surface area contributed by atoms with Gasteiger partial charge in [0.1, 0.15) is 0 Å². The summed E-state index contributed by atoms with van der Waals surface area (Å²) in [6.45, 7) is 4.07. The summed E-state index contributed by atoms with van der Waals surface area (Å²) in [4.78, 5) is 31.7. The third-order valence-corrected chi connectivity index (χ3v) is 7.54. The number of thioether (sulfide) groups is 1. The lowest BCUT2D eigenvalue weighted by Gasteiger charge is -2.16. The maximum atomic E-state index is 12.6. The number of thiophene rings is 1. The number of carbonyl (C=O) groups is 1. The number of H-pyrrole nitrogens is 2. The van der Waals surface area contributed by atoms with E-state index < -0.39 is 5.25 Å². The molecule has 160 valence electrons. The van der Waals surface area contributed by atoms with Crippen LogP contribution in [0.1, 0.15) is 30.7 Å². The van der Waals surface area contributed by atoms with Crippen molar-refractivity contribution in [1.29, 1.82) is 0 Å². The molecule has 3 heterocycles. The molecule has 0 unspecified atom stereocenters. The van der Waals surface area contributed by atoms with Crippen molar-refractivity contribution in [3.63, 3.8) is 0 Å². The molecule has 8 nitrogen and oxygen atoms in total. The van der Waals surface area contributed by atoms with E-state index in [2.05, 4.69) is 38.5 Å². The summed E-state index contributed by atoms with van der Waals surface area (Å²) in [7, 11) is 0. The van der Waals surface area contributed by atoms with Crippen molar-refractivity contribution in [3.05, 3.63) is 45.2 Å². The number of fused-ring (bicyclic) bond motifs is 2. The summed E-state index contributed by atoms with van der Waals surface area (Å²) in [5.74, 6) is 1.02. The molecule has 1 aliphatic carbocycles. The minimum Gasteiger partial charge on any atom is -0.410 e. The maximum absolute atomic E-state index is 12.6. The van der Waals surface area contributed by atoms with Crippen LogP contribution in [0.25, 0.3) is 21.8 Å². The number of nitrogens with zero attached hydrogens (tertiary/aromatic N) is 2. The second-order valence-electron chi connectivity index (χ2n) is 7.87. The monoisotopic (exact) mass is 455 g/mol. The van der Waals surface area contributed by atoms with Gasteiger partial charge in [-0.15, -0.1) is 21.5 Å². The van der Waals surface area contributed by atoms with Gasteiger partial charge >= 0.3 is 5.69 Å². The largest absolute Gasteiger partial charge is 0.410 e. The molecule has 3 N–H and O–H groups in total. The molecule has 3 aromatic heterocycles. The first-order valence-electron chi connectivity index (χ1n) is 10.1. The van der Waals surface area contributed by atoms with E-state index in [1.54, 1.807) is 36.5 Å². The number of aryl methyl sites for hydroxylation is 1. The van der Waals surface area contributed by atoms with Crippen LogP contribution in [0.15, 0.2) is 38.7 Å². The number of imidazole rings is 1. The maximum Gasteiger partial charge on any atom is 0.323 e. The minimum absolute atomic E-state index is 0.192. The number of amides is 1. The lowest BCUT2D eigenvalue weighted by atomic mass is 9.90. The van der Waals surface area contributed by atoms with Gasteiger partial charge in [0.2, 0.25) is 5.91 Å². The Hall–Kier alpha value is -2.85. The molecular weight excluding hydrogens is 434 g/mol. The average Bonchev–Trinajstić information content (AvgIpc) is 3.44. The molecule has 1 aliphatic rings. The van der Waals surface area contributed by atoms with Gasteiger partial charge in [-0.3, -0.25) is 4.79 Å². The highest BCUT2D eigenvalue weighted by atomic mass is 32.2. The third-order valence-electron chi connectivity index (χ3n) is 5.38. The molecule has 0 spiro atoms. The van der Waals surface area contributed by atoms with Crippen LogP contribution in [0.2, 0.25) is 0 Å². The van der Waals surface area contributed by atoms with Crippen LogP contribution in [0, 0.1) is 5.92 Å². The zero-order chi connectivity index (χ0) is 21.5. The molecule has 0 fully saturated rings. The third kappa shape index (κ3) is 4.17. The molecule has 0 bridgehead atoms. The first kappa shape index (κ1) is 20.1. The summed E-state index contributed by atoms with van der Waals surface area (Å²) < 4.78 is 5.83. The fourth-order valence-corrected chi connectivity index (χ4v) is 5.54. The Morgan fingerprint density at radius 2 is 2.13 bits per heavy atom. The predicted octanol–water partition coefficient (Wildman–Crippen LogP) is 4.21. The number of nitrogens with one attached hydrogen (secondary N) is 3. The Morgan fingerprint density at radius 3 is 3.00 bits per heavy atom. The molecule has 31 heavy (non-hydrogen) atoms. The van der Waals surface area contributed by atoms with Crippen molar-refractivity contribution in [2.45, 2.75) is 43.6 Å². The van der Waals surface area contributed by atoms with Crippen molar-refractivity contribution in [2.24, 2.45) is 5.92 Å². The smallest absolute Gasteiger partial charge is 0.323 e. The van der Waals surface area contributed by atoms with Crippen LogP contribution in [-0.4, -0.2) is 31.3 Å². The Labute approximate surface area is 185 Å². The topological polar surface area (TPSA) is 117 Å². The van der Waals surface area contributed by atoms with Crippen molar-refractivity contribution < 1.29 is 9.21 Å². The van der Waals surface area contributed by atoms with E-state index in [0.717, 1.165) is 17.7 Å². The van der Waals surface area contributed by atoms with E-state index in [4.69, 9.17) is 4.42 Å². The number of carbonyl (C=O) groups excluding carboxylic acids is 1. The van der Waals surface area contributed by atoms with Gasteiger partial charge in [0, 0.05) is 10.6 Å². The van der Waals surface area contributed by atoms with Gasteiger partial charge in [-0.2, -0.15) is 0 Å². The lowest BCUT2D eigenvalue weighted by molar-refractivity contribution is -0.115. The van der Waals surface area contributed by atoms with E-state index in [1.165, 1.54) is 28.6 Å². The molecule has 4 aromatic rings. The number of aromatic amines is 2. The summed E-state index contributed by atoms with van der Waals surface area (Å²) in [6.07, 6.45) is 3.43. The number of aromatic nitrogens is 4. The van der Waals surface area contributed by atoms with Gasteiger partial charge in [-0.05, 0) is 61.9 Å². The molecular formula is C21H21N5O3S2. The summed E-state index contributed by atoms with van der Waals surface area (Å²) in [5, 5.41) is 11.1. The second kappa shape index (κ2) is 8.01. The van der Waals surface area contributed by atoms with Gasteiger partial charge in [0.05, 0.1) is 21.2 Å². The second-order valence-corrected chi connectivity index (χ2v) is 10.3. The molecule has 0 aliphatic heterocycles. The molecule has 2 atom stereocenters. The Morgan fingerprint density at radius 1 is 1.29 bits per heavy atom. The van der Waals surface area contributed by atoms with Crippen LogP contribution in [0.5, 0.6) is 0 Å². The minimum atomic E-state index is -0.438. The van der Waals surface area contributed by atoms with Gasteiger partial charge in [-0.1, -0.05) is 18.7 Å². The Bertz CT molecular complexity index is 1320. The Balaban J connectivity index is 1.25. The van der Waals surface area contributed by atoms with Crippen LogP contribution in [0.3, 0.4) is 0 Å². The van der Waals surface area contributed by atoms with E-state index in [0.29, 0.717) is 33.8 Å². The summed E-state index contributed by atoms with van der Waals surface area (Å²) in [6, 6.07) is 7.36. The van der Waals surface area contributed by atoms with Crippen molar-refractivity contribution in [2.75, 3.05) is 5.32 Å². The summed E-state index contributed by atoms with van der Waals surface area (Å²) in [5.41, 5.74) is 3.03. The van der Waals surface area contributed by atoms with E-state index in [9.17, 15) is 9.59 Å². The number of rotatable bonds is 5. The molecule has 1 amide bonds. The lowest BCUT2D eigenvalue weighted by Crippen LogP contribution is -2.22. The molecule has 0 saturated heterocycles. The molecule has 0 radical (unpaired) electrons. The fraction of sp³-hybridized carbons (Fsp3) is 0.333. The highest BCUT2D eigenvalue weighted by Crippen LogP contribution is 2.37. The van der Waals surface area contributed by atoms with Crippen molar-refractivity contribution in [3.8, 4) is 10.8 Å². The standard InChI is InChI=1S/C21H21N5O3S2/c1-10-3-6-16-12(7-10)8-17(31-16)19-25-26-21(29-19)30-11(2)18(27)22-13-4-5-14-15(9-13)24-20(28)23-14/h4-5,8-11H,3,6-7H2,1-2H3,(H,22,27)(H2,23,24,28)/t10-,11-/m0/s1.